The van der Waals surface area contributed by atoms with E-state index in [-0.39, 0.29) is 18.3 Å². The fraction of sp³-hybridized carbons (Fsp3) is 0.520. The van der Waals surface area contributed by atoms with Crippen LogP contribution in [0.25, 0.3) is 10.9 Å². The minimum atomic E-state index is -1.22. The van der Waals surface area contributed by atoms with Gasteiger partial charge in [-0.05, 0) is 23.5 Å². The van der Waals surface area contributed by atoms with E-state index in [2.05, 4.69) is 20.9 Å². The quantitative estimate of drug-likeness (QED) is 0.204. The normalized spacial score (nSPS) is 15.5. The van der Waals surface area contributed by atoms with Crippen LogP contribution in [0, 0.1) is 11.8 Å². The smallest absolute Gasteiger partial charge is 0.326 e. The van der Waals surface area contributed by atoms with Gasteiger partial charge in [0.1, 0.15) is 24.2 Å². The van der Waals surface area contributed by atoms with Crippen LogP contribution in [-0.4, -0.2) is 69.7 Å². The van der Waals surface area contributed by atoms with Crippen LogP contribution in [0.2, 0.25) is 0 Å². The van der Waals surface area contributed by atoms with Gasteiger partial charge in [-0.2, -0.15) is 0 Å². The van der Waals surface area contributed by atoms with Crippen molar-refractivity contribution in [3.8, 4) is 0 Å². The molecule has 3 amide bonds. The molecule has 36 heavy (non-hydrogen) atoms. The van der Waals surface area contributed by atoms with E-state index in [1.165, 1.54) is 0 Å². The fourth-order valence-electron chi connectivity index (χ4n) is 3.81. The lowest BCUT2D eigenvalue weighted by molar-refractivity contribution is -0.144. The topological polar surface area (TPSA) is 187 Å². The van der Waals surface area contributed by atoms with E-state index in [9.17, 15) is 29.4 Å². The molecular weight excluding hydrogens is 466 g/mol. The zero-order chi connectivity index (χ0) is 27.0. The van der Waals surface area contributed by atoms with Gasteiger partial charge in [-0.25, -0.2) is 4.79 Å². The third kappa shape index (κ3) is 7.28. The second kappa shape index (κ2) is 13.0. The molecule has 0 aliphatic carbocycles. The summed E-state index contributed by atoms with van der Waals surface area (Å²) in [6.07, 6.45) is 2.37. The summed E-state index contributed by atoms with van der Waals surface area (Å²) in [5, 5.41) is 27.4. The Balaban J connectivity index is 2.28. The molecule has 0 saturated carbocycles. The predicted molar refractivity (Wildman–Crippen MR) is 135 cm³/mol. The maximum absolute atomic E-state index is 13.3. The molecule has 5 atom stereocenters. The van der Waals surface area contributed by atoms with Crippen molar-refractivity contribution in [2.24, 2.45) is 17.6 Å². The molecule has 2 rings (SSSR count). The zero-order valence-corrected chi connectivity index (χ0v) is 21.1. The number of carboxylic acids is 1. The highest BCUT2D eigenvalue weighted by Gasteiger charge is 2.33. The van der Waals surface area contributed by atoms with Crippen molar-refractivity contribution in [2.45, 2.75) is 64.7 Å². The van der Waals surface area contributed by atoms with Crippen molar-refractivity contribution in [2.75, 3.05) is 6.61 Å². The first-order chi connectivity index (χ1) is 17.0. The van der Waals surface area contributed by atoms with Gasteiger partial charge in [-0.15, -0.1) is 0 Å². The van der Waals surface area contributed by atoms with Crippen molar-refractivity contribution in [1.82, 2.24) is 20.9 Å². The first kappa shape index (κ1) is 28.8. The van der Waals surface area contributed by atoms with Crippen LogP contribution >= 0.6 is 0 Å². The number of aliphatic hydroxyl groups excluding tert-OH is 1. The number of benzene rings is 1. The zero-order valence-electron chi connectivity index (χ0n) is 21.1. The van der Waals surface area contributed by atoms with E-state index >= 15 is 0 Å². The molecule has 1 aromatic heterocycles. The van der Waals surface area contributed by atoms with Gasteiger partial charge >= 0.3 is 5.97 Å². The lowest BCUT2D eigenvalue weighted by Gasteiger charge is -2.28. The van der Waals surface area contributed by atoms with Crippen LogP contribution in [-0.2, 0) is 25.6 Å². The van der Waals surface area contributed by atoms with E-state index in [1.54, 1.807) is 27.0 Å². The molecule has 0 aliphatic heterocycles. The summed E-state index contributed by atoms with van der Waals surface area (Å²) in [7, 11) is 0. The molecule has 11 heteroatoms. The number of rotatable bonds is 13. The molecule has 2 aromatic rings. The van der Waals surface area contributed by atoms with Gasteiger partial charge in [0, 0.05) is 23.5 Å². The number of aliphatic hydroxyl groups is 1. The second-order valence-electron chi connectivity index (χ2n) is 9.35. The molecule has 198 valence electrons. The number of aromatic nitrogens is 1. The second-order valence-corrected chi connectivity index (χ2v) is 9.35. The van der Waals surface area contributed by atoms with Crippen LogP contribution in [0.4, 0.5) is 0 Å². The molecule has 8 N–H and O–H groups in total. The maximum Gasteiger partial charge on any atom is 0.326 e. The Morgan fingerprint density at radius 2 is 1.61 bits per heavy atom. The molecule has 1 heterocycles. The molecule has 0 bridgehead atoms. The van der Waals surface area contributed by atoms with Crippen molar-refractivity contribution < 1.29 is 29.4 Å². The van der Waals surface area contributed by atoms with Crippen LogP contribution < -0.4 is 21.7 Å². The summed E-state index contributed by atoms with van der Waals surface area (Å²) >= 11 is 0. The number of aliphatic carboxylic acids is 1. The molecule has 0 radical (unpaired) electrons. The summed E-state index contributed by atoms with van der Waals surface area (Å²) in [5.74, 6) is -3.83. The standard InChI is InChI=1S/C25H37N5O6/c1-5-14(4)21(25(35)36)30-24(34)20(13(2)3)29-23(33)19(28-22(32)17(26)12-31)10-15-11-27-18-9-7-6-8-16(15)18/h6-9,11,13-14,17,19-21,27,31H,5,10,12,26H2,1-4H3,(H,28,32)(H,29,33)(H,30,34)(H,35,36). The molecule has 0 spiro atoms. The number of carboxylic acid groups (broad SMARTS) is 1. The maximum atomic E-state index is 13.3. The highest BCUT2D eigenvalue weighted by Crippen LogP contribution is 2.19. The average Bonchev–Trinajstić information content (AvgIpc) is 3.26. The molecule has 0 fully saturated rings. The van der Waals surface area contributed by atoms with Crippen LogP contribution in [0.5, 0.6) is 0 Å². The monoisotopic (exact) mass is 503 g/mol. The fourth-order valence-corrected chi connectivity index (χ4v) is 3.81. The number of aromatic amines is 1. The SMILES string of the molecule is CCC(C)C(NC(=O)C(NC(=O)C(Cc1c[nH]c2ccccc12)NC(=O)C(N)CO)C(C)C)C(=O)O. The Bertz CT molecular complexity index is 1070. The number of hydrogen-bond donors (Lipinski definition) is 7. The lowest BCUT2D eigenvalue weighted by Crippen LogP contribution is -2.59. The third-order valence-corrected chi connectivity index (χ3v) is 6.29. The van der Waals surface area contributed by atoms with Gasteiger partial charge in [0.05, 0.1) is 6.61 Å². The largest absolute Gasteiger partial charge is 0.480 e. The van der Waals surface area contributed by atoms with E-state index in [0.717, 1.165) is 16.5 Å². The summed E-state index contributed by atoms with van der Waals surface area (Å²) in [4.78, 5) is 53.6. The number of amides is 3. The number of carbonyl (C=O) groups is 4. The van der Waals surface area contributed by atoms with Crippen molar-refractivity contribution >= 4 is 34.6 Å². The van der Waals surface area contributed by atoms with Crippen LogP contribution in [0.1, 0.15) is 39.7 Å². The van der Waals surface area contributed by atoms with Gasteiger partial charge in [-0.3, -0.25) is 14.4 Å². The number of carbonyl (C=O) groups excluding carboxylic acids is 3. The Kier molecular flexibility index (Phi) is 10.4. The summed E-state index contributed by atoms with van der Waals surface area (Å²) < 4.78 is 0. The highest BCUT2D eigenvalue weighted by atomic mass is 16.4. The van der Waals surface area contributed by atoms with Crippen molar-refractivity contribution in [3.05, 3.63) is 36.0 Å². The average molecular weight is 504 g/mol. The first-order valence-electron chi connectivity index (χ1n) is 12.0. The van der Waals surface area contributed by atoms with E-state index in [1.807, 2.05) is 31.2 Å². The number of nitrogens with one attached hydrogen (secondary N) is 4. The Morgan fingerprint density at radius 3 is 2.19 bits per heavy atom. The number of nitrogens with two attached hydrogens (primary N) is 1. The number of fused-ring (bicyclic) bond motifs is 1. The minimum Gasteiger partial charge on any atom is -0.480 e. The molecule has 0 saturated heterocycles. The van der Waals surface area contributed by atoms with E-state index in [0.29, 0.717) is 6.42 Å². The molecule has 5 unspecified atom stereocenters. The molecule has 0 aliphatic rings. The van der Waals surface area contributed by atoms with Crippen LogP contribution in [0.15, 0.2) is 30.5 Å². The summed E-state index contributed by atoms with van der Waals surface area (Å²) in [6, 6.07) is 3.00. The molecule has 11 nitrogen and oxygen atoms in total. The first-order valence-corrected chi connectivity index (χ1v) is 12.0. The van der Waals surface area contributed by atoms with Crippen LogP contribution in [0.3, 0.4) is 0 Å². The summed E-state index contributed by atoms with van der Waals surface area (Å²) in [5.41, 5.74) is 7.25. The Morgan fingerprint density at radius 1 is 0.972 bits per heavy atom. The highest BCUT2D eigenvalue weighted by molar-refractivity contribution is 5.95. The lowest BCUT2D eigenvalue weighted by atomic mass is 9.97. The number of hydrogen-bond acceptors (Lipinski definition) is 6. The van der Waals surface area contributed by atoms with E-state index in [4.69, 9.17) is 5.73 Å². The van der Waals surface area contributed by atoms with Gasteiger partial charge in [0.15, 0.2) is 0 Å². The van der Waals surface area contributed by atoms with E-state index < -0.39 is 54.5 Å². The predicted octanol–water partition coefficient (Wildman–Crippen LogP) is 0.271. The molecular formula is C25H37N5O6. The minimum absolute atomic E-state index is 0.0940. The Hall–Kier alpha value is -3.44. The number of para-hydroxylation sites is 1. The number of H-pyrrole nitrogens is 1. The third-order valence-electron chi connectivity index (χ3n) is 6.29. The van der Waals surface area contributed by atoms with Crippen molar-refractivity contribution in [1.29, 1.82) is 0 Å². The summed E-state index contributed by atoms with van der Waals surface area (Å²) in [6.45, 7) is 6.39. The van der Waals surface area contributed by atoms with Gasteiger partial charge in [0.25, 0.3) is 0 Å². The van der Waals surface area contributed by atoms with Gasteiger partial charge in [0.2, 0.25) is 17.7 Å². The van der Waals surface area contributed by atoms with Crippen molar-refractivity contribution in [3.63, 3.8) is 0 Å². The Labute approximate surface area is 210 Å². The molecule has 1 aromatic carbocycles. The van der Waals surface area contributed by atoms with Gasteiger partial charge < -0.3 is 36.9 Å². The van der Waals surface area contributed by atoms with Gasteiger partial charge in [-0.1, -0.05) is 52.3 Å².